The van der Waals surface area contributed by atoms with Crippen molar-refractivity contribution in [1.29, 1.82) is 5.26 Å². The SMILES string of the molecule is Cc1ccc(-n2nc(C(=O)N3CCC4(CC3)CNC4)cc2-c2ccc(C#N)cc2)cc1. The highest BCUT2D eigenvalue weighted by atomic mass is 16.2. The fourth-order valence-electron chi connectivity index (χ4n) is 4.47. The third-order valence-electron chi connectivity index (χ3n) is 6.63. The molecule has 0 atom stereocenters. The van der Waals surface area contributed by atoms with Gasteiger partial charge in [0, 0.05) is 31.7 Å². The molecule has 156 valence electrons. The molecule has 6 nitrogen and oxygen atoms in total. The molecule has 0 bridgehead atoms. The van der Waals surface area contributed by atoms with E-state index in [0.717, 1.165) is 56.0 Å². The van der Waals surface area contributed by atoms with Crippen molar-refractivity contribution in [3.8, 4) is 23.0 Å². The first-order chi connectivity index (χ1) is 15.1. The van der Waals surface area contributed by atoms with Crippen LogP contribution in [0.5, 0.6) is 0 Å². The number of benzene rings is 2. The maximum Gasteiger partial charge on any atom is 0.274 e. The Morgan fingerprint density at radius 3 is 2.32 bits per heavy atom. The summed E-state index contributed by atoms with van der Waals surface area (Å²) in [5.41, 5.74) is 5.29. The summed E-state index contributed by atoms with van der Waals surface area (Å²) in [5.74, 6) is -0.0112. The lowest BCUT2D eigenvalue weighted by atomic mass is 9.73. The Balaban J connectivity index is 1.48. The van der Waals surface area contributed by atoms with Gasteiger partial charge in [-0.2, -0.15) is 10.4 Å². The molecule has 1 N–H and O–H groups in total. The first-order valence-corrected chi connectivity index (χ1v) is 10.7. The second-order valence-corrected chi connectivity index (χ2v) is 8.75. The second-order valence-electron chi connectivity index (χ2n) is 8.75. The summed E-state index contributed by atoms with van der Waals surface area (Å²) in [6.45, 7) is 5.75. The van der Waals surface area contributed by atoms with E-state index < -0.39 is 0 Å². The van der Waals surface area contributed by atoms with Crippen LogP contribution in [0, 0.1) is 23.7 Å². The largest absolute Gasteiger partial charge is 0.337 e. The van der Waals surface area contributed by atoms with E-state index in [-0.39, 0.29) is 5.91 Å². The van der Waals surface area contributed by atoms with Crippen LogP contribution in [-0.2, 0) is 0 Å². The highest BCUT2D eigenvalue weighted by Crippen LogP contribution is 2.35. The fraction of sp³-hybridized carbons (Fsp3) is 0.320. The Hall–Kier alpha value is -3.43. The van der Waals surface area contributed by atoms with Crippen molar-refractivity contribution in [2.24, 2.45) is 5.41 Å². The summed E-state index contributed by atoms with van der Waals surface area (Å²) >= 11 is 0. The smallest absolute Gasteiger partial charge is 0.274 e. The van der Waals surface area contributed by atoms with Gasteiger partial charge in [-0.3, -0.25) is 4.79 Å². The third kappa shape index (κ3) is 3.62. The van der Waals surface area contributed by atoms with Crippen LogP contribution in [0.25, 0.3) is 16.9 Å². The molecule has 0 saturated carbocycles. The van der Waals surface area contributed by atoms with E-state index in [0.29, 0.717) is 16.7 Å². The number of carbonyl (C=O) groups excluding carboxylic acids is 1. The highest BCUT2D eigenvalue weighted by Gasteiger charge is 2.40. The number of rotatable bonds is 3. The fourth-order valence-corrected chi connectivity index (χ4v) is 4.47. The van der Waals surface area contributed by atoms with Crippen LogP contribution in [0.2, 0.25) is 0 Å². The number of nitrogens with one attached hydrogen (secondary N) is 1. The van der Waals surface area contributed by atoms with Gasteiger partial charge in [0.2, 0.25) is 0 Å². The number of hydrogen-bond donors (Lipinski definition) is 1. The predicted molar refractivity (Wildman–Crippen MR) is 119 cm³/mol. The van der Waals surface area contributed by atoms with Crippen LogP contribution < -0.4 is 5.32 Å². The van der Waals surface area contributed by atoms with Crippen LogP contribution >= 0.6 is 0 Å². The molecule has 6 heteroatoms. The summed E-state index contributed by atoms with van der Waals surface area (Å²) < 4.78 is 1.83. The van der Waals surface area contributed by atoms with Gasteiger partial charge in [0.1, 0.15) is 0 Å². The molecule has 5 rings (SSSR count). The van der Waals surface area contributed by atoms with Crippen molar-refractivity contribution in [3.63, 3.8) is 0 Å². The standard InChI is InChI=1S/C25H25N5O/c1-18-2-8-21(9-3-18)30-23(20-6-4-19(15-26)5-7-20)14-22(28-30)24(31)29-12-10-25(11-13-29)16-27-17-25/h2-9,14,27H,10-13,16-17H2,1H3. The van der Waals surface area contributed by atoms with Gasteiger partial charge in [-0.15, -0.1) is 0 Å². The molecule has 1 amide bonds. The summed E-state index contributed by atoms with van der Waals surface area (Å²) in [6, 6.07) is 19.5. The molecule has 1 spiro atoms. The molecule has 2 aliphatic heterocycles. The molecular weight excluding hydrogens is 386 g/mol. The van der Waals surface area contributed by atoms with Crippen LogP contribution in [0.15, 0.2) is 54.6 Å². The lowest BCUT2D eigenvalue weighted by molar-refractivity contribution is 0.0410. The van der Waals surface area contributed by atoms with E-state index in [1.807, 2.05) is 59.0 Å². The van der Waals surface area contributed by atoms with E-state index in [2.05, 4.69) is 11.4 Å². The van der Waals surface area contributed by atoms with E-state index in [1.165, 1.54) is 5.56 Å². The summed E-state index contributed by atoms with van der Waals surface area (Å²) in [4.78, 5) is 15.2. The lowest BCUT2D eigenvalue weighted by Gasteiger charge is -2.48. The second kappa shape index (κ2) is 7.68. The average Bonchev–Trinajstić information content (AvgIpc) is 3.23. The summed E-state index contributed by atoms with van der Waals surface area (Å²) in [7, 11) is 0. The van der Waals surface area contributed by atoms with Gasteiger partial charge in [-0.05, 0) is 55.5 Å². The van der Waals surface area contributed by atoms with Crippen molar-refractivity contribution in [3.05, 3.63) is 71.4 Å². The Morgan fingerprint density at radius 2 is 1.74 bits per heavy atom. The van der Waals surface area contributed by atoms with Gasteiger partial charge < -0.3 is 10.2 Å². The Labute approximate surface area is 182 Å². The minimum Gasteiger partial charge on any atom is -0.337 e. The summed E-state index contributed by atoms with van der Waals surface area (Å²) in [6.07, 6.45) is 2.10. The molecule has 2 fully saturated rings. The molecule has 31 heavy (non-hydrogen) atoms. The molecule has 2 saturated heterocycles. The number of nitriles is 1. The average molecular weight is 412 g/mol. The topological polar surface area (TPSA) is 74.0 Å². The maximum atomic E-state index is 13.3. The van der Waals surface area contributed by atoms with Crippen molar-refractivity contribution >= 4 is 5.91 Å². The normalized spacial score (nSPS) is 17.2. The predicted octanol–water partition coefficient (Wildman–Crippen LogP) is 3.55. The zero-order valence-electron chi connectivity index (χ0n) is 17.6. The minimum atomic E-state index is -0.0112. The Morgan fingerprint density at radius 1 is 1.06 bits per heavy atom. The van der Waals surface area contributed by atoms with E-state index in [4.69, 9.17) is 10.4 Å². The minimum absolute atomic E-state index is 0.0112. The third-order valence-corrected chi connectivity index (χ3v) is 6.63. The molecule has 0 unspecified atom stereocenters. The van der Waals surface area contributed by atoms with Gasteiger partial charge in [-0.25, -0.2) is 4.68 Å². The van der Waals surface area contributed by atoms with Gasteiger partial charge in [-0.1, -0.05) is 29.8 Å². The number of aromatic nitrogens is 2. The molecule has 3 heterocycles. The van der Waals surface area contributed by atoms with Gasteiger partial charge in [0.05, 0.1) is 23.0 Å². The first kappa shape index (κ1) is 19.5. The van der Waals surface area contributed by atoms with E-state index >= 15 is 0 Å². The molecule has 2 aliphatic rings. The van der Waals surface area contributed by atoms with Crippen LogP contribution in [0.1, 0.15) is 34.5 Å². The zero-order chi connectivity index (χ0) is 21.4. The van der Waals surface area contributed by atoms with Gasteiger partial charge >= 0.3 is 0 Å². The zero-order valence-corrected chi connectivity index (χ0v) is 17.6. The molecule has 1 aromatic heterocycles. The van der Waals surface area contributed by atoms with E-state index in [1.54, 1.807) is 12.1 Å². The van der Waals surface area contributed by atoms with Crippen molar-refractivity contribution in [2.45, 2.75) is 19.8 Å². The molecule has 2 aromatic carbocycles. The quantitative estimate of drug-likeness (QED) is 0.715. The van der Waals surface area contributed by atoms with E-state index in [9.17, 15) is 4.79 Å². The number of piperidine rings is 1. The Kier molecular flexibility index (Phi) is 4.84. The van der Waals surface area contributed by atoms with Crippen LogP contribution in [-0.4, -0.2) is 46.8 Å². The van der Waals surface area contributed by atoms with Crippen molar-refractivity contribution < 1.29 is 4.79 Å². The van der Waals surface area contributed by atoms with Gasteiger partial charge in [0.15, 0.2) is 5.69 Å². The molecule has 3 aromatic rings. The number of nitrogens with zero attached hydrogens (tertiary/aromatic N) is 4. The molecule has 0 aliphatic carbocycles. The number of likely N-dealkylation sites (tertiary alicyclic amines) is 1. The van der Waals surface area contributed by atoms with Gasteiger partial charge in [0.25, 0.3) is 5.91 Å². The number of hydrogen-bond acceptors (Lipinski definition) is 4. The summed E-state index contributed by atoms with van der Waals surface area (Å²) in [5, 5.41) is 17.2. The highest BCUT2D eigenvalue weighted by molar-refractivity contribution is 5.93. The van der Waals surface area contributed by atoms with Crippen molar-refractivity contribution in [2.75, 3.05) is 26.2 Å². The molecular formula is C25H25N5O. The first-order valence-electron chi connectivity index (χ1n) is 10.7. The number of amides is 1. The Bertz CT molecular complexity index is 1140. The number of aryl methyl sites for hydroxylation is 1. The lowest BCUT2D eigenvalue weighted by Crippen LogP contribution is -2.58. The van der Waals surface area contributed by atoms with Crippen molar-refractivity contribution in [1.82, 2.24) is 20.0 Å². The maximum absolute atomic E-state index is 13.3. The molecule has 0 radical (unpaired) electrons. The number of carbonyl (C=O) groups is 1. The monoisotopic (exact) mass is 411 g/mol. The van der Waals surface area contributed by atoms with Crippen LogP contribution in [0.4, 0.5) is 0 Å². The van der Waals surface area contributed by atoms with Crippen LogP contribution in [0.3, 0.4) is 0 Å².